The predicted octanol–water partition coefficient (Wildman–Crippen LogP) is 7.79. The topological polar surface area (TPSA) is 99.2 Å². The van der Waals surface area contributed by atoms with Crippen LogP contribution in [0, 0.1) is 11.7 Å². The first kappa shape index (κ1) is 38.0. The maximum atomic E-state index is 14.3. The molecule has 1 aliphatic heterocycles. The average molecular weight is 739 g/mol. The van der Waals surface area contributed by atoms with E-state index in [0.717, 1.165) is 19.5 Å². The molecule has 1 aliphatic rings. The number of likely N-dealkylation sites (N-methyl/N-ethyl adjacent to an activating group) is 1. The first-order chi connectivity index (χ1) is 24.6. The summed E-state index contributed by atoms with van der Waals surface area (Å²) in [6, 6.07) is 17.1. The number of carbonyl (C=O) groups is 2. The molecule has 51 heavy (non-hydrogen) atoms. The molecule has 0 bridgehead atoms. The first-order valence-corrected chi connectivity index (χ1v) is 17.6. The van der Waals surface area contributed by atoms with E-state index >= 15 is 0 Å². The second-order valence-corrected chi connectivity index (χ2v) is 13.3. The number of rotatable bonds is 14. The van der Waals surface area contributed by atoms with E-state index in [9.17, 15) is 14.0 Å². The second kappa shape index (κ2) is 17.8. The van der Waals surface area contributed by atoms with E-state index in [2.05, 4.69) is 29.0 Å². The highest BCUT2D eigenvalue weighted by Crippen LogP contribution is 2.35. The van der Waals surface area contributed by atoms with Crippen LogP contribution in [-0.2, 0) is 27.2 Å². The molecule has 2 heterocycles. The van der Waals surface area contributed by atoms with E-state index < -0.39 is 29.9 Å². The van der Waals surface area contributed by atoms with Gasteiger partial charge in [-0.1, -0.05) is 67.4 Å². The van der Waals surface area contributed by atoms with Crippen LogP contribution < -0.4 is 14.8 Å². The Morgan fingerprint density at radius 2 is 1.73 bits per heavy atom. The van der Waals surface area contributed by atoms with Gasteiger partial charge in [-0.25, -0.2) is 14.0 Å². The predicted molar refractivity (Wildman–Crippen MR) is 194 cm³/mol. The molecule has 12 heteroatoms. The molecule has 0 radical (unpaired) electrons. The molecular formula is C39H42Cl2FN3O6. The number of hydrogen-bond donors (Lipinski definition) is 1. The number of pyridine rings is 1. The fraction of sp³-hybridized carbons (Fsp3) is 0.359. The maximum Gasteiger partial charge on any atom is 0.338 e. The van der Waals surface area contributed by atoms with Crippen molar-refractivity contribution in [2.45, 2.75) is 51.5 Å². The third kappa shape index (κ3) is 9.77. The molecule has 1 fully saturated rings. The van der Waals surface area contributed by atoms with Gasteiger partial charge in [0.05, 0.1) is 29.8 Å². The zero-order valence-corrected chi connectivity index (χ0v) is 30.5. The standard InChI is InChI=1S/C39H42Cl2FN3O6/c1-5-45-15-14-24(2)36(23-45)51-39(47)37(27-9-7-11-29(42)17-27)44-20-25-8-6-10-28(16-25)38(46)50-34(19-30-31(40)21-43-22-32(30)41)26-12-13-33(48-3)35(18-26)49-4/h6-13,16-18,21-22,24,34,36-37,44H,5,14-15,19-20,23H2,1-4H3/t24?,34-,36-,37?/m0/s1. The molecule has 0 amide bonds. The Morgan fingerprint density at radius 1 is 0.980 bits per heavy atom. The van der Waals surface area contributed by atoms with Crippen molar-refractivity contribution in [3.8, 4) is 11.5 Å². The highest BCUT2D eigenvalue weighted by atomic mass is 35.5. The largest absolute Gasteiger partial charge is 0.493 e. The van der Waals surface area contributed by atoms with Crippen LogP contribution in [0.2, 0.25) is 10.0 Å². The van der Waals surface area contributed by atoms with Crippen molar-refractivity contribution in [2.75, 3.05) is 33.9 Å². The van der Waals surface area contributed by atoms with Gasteiger partial charge >= 0.3 is 11.9 Å². The average Bonchev–Trinajstić information content (AvgIpc) is 3.13. The van der Waals surface area contributed by atoms with E-state index in [4.69, 9.17) is 42.1 Å². The molecular weight excluding hydrogens is 696 g/mol. The molecule has 4 atom stereocenters. The third-order valence-electron chi connectivity index (χ3n) is 9.15. The van der Waals surface area contributed by atoms with Crippen molar-refractivity contribution in [1.82, 2.24) is 15.2 Å². The number of benzene rings is 3. The molecule has 0 spiro atoms. The van der Waals surface area contributed by atoms with Gasteiger partial charge in [-0.2, -0.15) is 0 Å². The number of esters is 2. The first-order valence-electron chi connectivity index (χ1n) is 16.8. The molecule has 270 valence electrons. The number of methoxy groups -OCH3 is 2. The summed E-state index contributed by atoms with van der Waals surface area (Å²) in [6.45, 7) is 6.81. The van der Waals surface area contributed by atoms with Gasteiger partial charge in [0.2, 0.25) is 0 Å². The number of piperidine rings is 1. The van der Waals surface area contributed by atoms with Gasteiger partial charge < -0.3 is 18.9 Å². The fourth-order valence-electron chi connectivity index (χ4n) is 6.10. The number of nitrogens with one attached hydrogen (secondary N) is 1. The van der Waals surface area contributed by atoms with Crippen molar-refractivity contribution in [3.05, 3.63) is 123 Å². The van der Waals surface area contributed by atoms with Crippen LogP contribution in [0.25, 0.3) is 0 Å². The van der Waals surface area contributed by atoms with Crippen LogP contribution in [0.4, 0.5) is 4.39 Å². The van der Waals surface area contributed by atoms with Gasteiger partial charge in [0, 0.05) is 31.9 Å². The lowest BCUT2D eigenvalue weighted by Crippen LogP contribution is -2.46. The number of hydrogen-bond acceptors (Lipinski definition) is 9. The summed E-state index contributed by atoms with van der Waals surface area (Å²) in [5.74, 6) is -0.367. The smallest absolute Gasteiger partial charge is 0.338 e. The van der Waals surface area contributed by atoms with Crippen LogP contribution >= 0.6 is 23.2 Å². The van der Waals surface area contributed by atoms with Crippen LogP contribution in [0.3, 0.4) is 0 Å². The molecule has 3 aromatic carbocycles. The van der Waals surface area contributed by atoms with Gasteiger partial charge in [-0.05, 0) is 84.1 Å². The summed E-state index contributed by atoms with van der Waals surface area (Å²) < 4.78 is 37.4. The molecule has 1 aromatic heterocycles. The Balaban J connectivity index is 1.36. The molecule has 5 rings (SSSR count). The quantitative estimate of drug-likeness (QED) is 0.130. The van der Waals surface area contributed by atoms with E-state index in [1.807, 2.05) is 6.07 Å². The highest BCUT2D eigenvalue weighted by molar-refractivity contribution is 6.35. The van der Waals surface area contributed by atoms with Crippen molar-refractivity contribution >= 4 is 35.1 Å². The van der Waals surface area contributed by atoms with E-state index in [0.29, 0.717) is 50.3 Å². The fourth-order valence-corrected chi connectivity index (χ4v) is 6.62. The lowest BCUT2D eigenvalue weighted by Gasteiger charge is -2.36. The van der Waals surface area contributed by atoms with Gasteiger partial charge in [-0.15, -0.1) is 0 Å². The lowest BCUT2D eigenvalue weighted by atomic mass is 9.95. The molecule has 0 aliphatic carbocycles. The minimum atomic E-state index is -0.940. The van der Waals surface area contributed by atoms with Crippen LogP contribution in [-0.4, -0.2) is 61.8 Å². The normalized spacial score (nSPS) is 17.3. The monoisotopic (exact) mass is 737 g/mol. The molecule has 2 unspecified atom stereocenters. The summed E-state index contributed by atoms with van der Waals surface area (Å²) in [6.07, 6.45) is 2.95. The van der Waals surface area contributed by atoms with Crippen molar-refractivity contribution in [1.29, 1.82) is 0 Å². The Labute approximate surface area is 308 Å². The summed E-state index contributed by atoms with van der Waals surface area (Å²) in [5.41, 5.74) is 2.63. The van der Waals surface area contributed by atoms with Gasteiger partial charge in [0.15, 0.2) is 11.5 Å². The summed E-state index contributed by atoms with van der Waals surface area (Å²) in [4.78, 5) is 33.7. The van der Waals surface area contributed by atoms with Crippen molar-refractivity contribution < 1.29 is 32.9 Å². The zero-order chi connectivity index (χ0) is 36.5. The van der Waals surface area contributed by atoms with Crippen LogP contribution in [0.5, 0.6) is 11.5 Å². The maximum absolute atomic E-state index is 14.3. The summed E-state index contributed by atoms with van der Waals surface area (Å²) >= 11 is 12.9. The number of halogens is 3. The Bertz CT molecular complexity index is 1810. The van der Waals surface area contributed by atoms with Gasteiger partial charge in [0.1, 0.15) is 24.1 Å². The van der Waals surface area contributed by atoms with Gasteiger partial charge in [0.25, 0.3) is 0 Å². The van der Waals surface area contributed by atoms with E-state index in [-0.39, 0.29) is 30.6 Å². The SMILES string of the molecule is CCN1CCC(C)[C@@H](OC(=O)C(NCc2cccc(C(=O)O[C@@H](Cc3c(Cl)cncc3Cl)c3ccc(OC)c(OC)c3)c2)c2cccc(F)c2)C1. The van der Waals surface area contributed by atoms with Crippen LogP contribution in [0.15, 0.2) is 79.1 Å². The Hall–Kier alpha value is -4.22. The molecule has 4 aromatic rings. The highest BCUT2D eigenvalue weighted by Gasteiger charge is 2.32. The van der Waals surface area contributed by atoms with Gasteiger partial charge in [-0.3, -0.25) is 15.2 Å². The third-order valence-corrected chi connectivity index (χ3v) is 9.80. The lowest BCUT2D eigenvalue weighted by molar-refractivity contribution is -0.157. The Morgan fingerprint density at radius 3 is 2.43 bits per heavy atom. The van der Waals surface area contributed by atoms with Crippen molar-refractivity contribution in [2.24, 2.45) is 5.92 Å². The molecule has 0 saturated carbocycles. The number of aromatic nitrogens is 1. The number of carbonyl (C=O) groups excluding carboxylic acids is 2. The van der Waals surface area contributed by atoms with E-state index in [1.54, 1.807) is 48.5 Å². The molecule has 9 nitrogen and oxygen atoms in total. The zero-order valence-electron chi connectivity index (χ0n) is 29.0. The number of ether oxygens (including phenoxy) is 4. The minimum absolute atomic E-state index is 0.162. The molecule has 1 N–H and O–H groups in total. The van der Waals surface area contributed by atoms with Crippen molar-refractivity contribution in [3.63, 3.8) is 0 Å². The molecule has 1 saturated heterocycles. The van der Waals surface area contributed by atoms with Crippen LogP contribution in [0.1, 0.15) is 65.0 Å². The number of nitrogens with zero attached hydrogens (tertiary/aromatic N) is 2. The van der Waals surface area contributed by atoms with E-state index in [1.165, 1.54) is 38.7 Å². The summed E-state index contributed by atoms with van der Waals surface area (Å²) in [7, 11) is 3.06. The second-order valence-electron chi connectivity index (χ2n) is 12.5. The minimum Gasteiger partial charge on any atom is -0.493 e. The number of likely N-dealkylation sites (tertiary alicyclic amines) is 1. The summed E-state index contributed by atoms with van der Waals surface area (Å²) in [5, 5.41) is 3.92. The Kier molecular flexibility index (Phi) is 13.3.